The number of dihydropyridines is 1. The second-order valence-corrected chi connectivity index (χ2v) is 3.62. The molecule has 0 aromatic carbocycles. The van der Waals surface area contributed by atoms with Crippen molar-refractivity contribution in [1.82, 2.24) is 9.78 Å². The molecule has 2 heterocycles. The van der Waals surface area contributed by atoms with Gasteiger partial charge in [0.25, 0.3) is 5.24 Å². The molecule has 0 aliphatic carbocycles. The molecule has 1 atom stereocenters. The molecule has 5 nitrogen and oxygen atoms in total. The number of carbonyl (C=O) groups excluding carboxylic acids is 1. The Balaban J connectivity index is 2.32. The lowest BCUT2D eigenvalue weighted by Crippen LogP contribution is -2.12. The number of aromatic nitrogens is 2. The molecule has 0 N–H and O–H groups in total. The van der Waals surface area contributed by atoms with Crippen molar-refractivity contribution in [2.24, 2.45) is 4.99 Å². The molecule has 0 radical (unpaired) electrons. The standard InChI is InChI=1S/C10H10ClN3O2/c1-16-10-8(9(11)15)6-14(13-10)7-3-2-4-12-5-7/h2-4,6-7H,5H2,1H3. The predicted molar refractivity (Wildman–Crippen MR) is 60.5 cm³/mol. The molecule has 0 spiro atoms. The molecule has 0 fully saturated rings. The molecule has 1 unspecified atom stereocenters. The number of nitrogens with zero attached hydrogens (tertiary/aromatic N) is 3. The van der Waals surface area contributed by atoms with Crippen molar-refractivity contribution in [3.05, 3.63) is 23.9 Å². The predicted octanol–water partition coefficient (Wildman–Crippen LogP) is 1.45. The van der Waals surface area contributed by atoms with Gasteiger partial charge >= 0.3 is 0 Å². The Morgan fingerprint density at radius 1 is 1.69 bits per heavy atom. The van der Waals surface area contributed by atoms with Crippen molar-refractivity contribution >= 4 is 23.1 Å². The zero-order valence-corrected chi connectivity index (χ0v) is 9.39. The minimum absolute atomic E-state index is 0.00340. The summed E-state index contributed by atoms with van der Waals surface area (Å²) in [5, 5.41) is 3.56. The maximum Gasteiger partial charge on any atom is 0.259 e. The van der Waals surface area contributed by atoms with Crippen LogP contribution in [0.3, 0.4) is 0 Å². The summed E-state index contributed by atoms with van der Waals surface area (Å²) in [7, 11) is 1.45. The van der Waals surface area contributed by atoms with Crippen molar-refractivity contribution in [3.8, 4) is 5.88 Å². The summed E-state index contributed by atoms with van der Waals surface area (Å²) in [5.74, 6) is 0.239. The molecule has 0 bridgehead atoms. The van der Waals surface area contributed by atoms with Crippen molar-refractivity contribution < 1.29 is 9.53 Å². The number of hydrogen-bond acceptors (Lipinski definition) is 4. The molecule has 0 saturated carbocycles. The van der Waals surface area contributed by atoms with Gasteiger partial charge in [-0.2, -0.15) is 0 Å². The largest absolute Gasteiger partial charge is 0.479 e. The number of aliphatic imine (C=N–C) groups is 1. The number of methoxy groups -OCH3 is 1. The third kappa shape index (κ3) is 1.99. The molecule has 6 heteroatoms. The Morgan fingerprint density at radius 2 is 2.50 bits per heavy atom. The highest BCUT2D eigenvalue weighted by atomic mass is 35.5. The molecular weight excluding hydrogens is 230 g/mol. The van der Waals surface area contributed by atoms with Gasteiger partial charge in [-0.25, -0.2) is 0 Å². The summed E-state index contributed by atoms with van der Waals surface area (Å²) in [6.45, 7) is 0.594. The average Bonchev–Trinajstić information content (AvgIpc) is 2.74. The first kappa shape index (κ1) is 10.9. The van der Waals surface area contributed by atoms with Gasteiger partial charge in [-0.15, -0.1) is 5.10 Å². The van der Waals surface area contributed by atoms with E-state index in [4.69, 9.17) is 16.3 Å². The highest BCUT2D eigenvalue weighted by molar-refractivity contribution is 6.68. The maximum absolute atomic E-state index is 11.1. The lowest BCUT2D eigenvalue weighted by atomic mass is 10.2. The SMILES string of the molecule is COc1nn(C2C=CC=NC2)cc1C(=O)Cl. The van der Waals surface area contributed by atoms with E-state index in [-0.39, 0.29) is 17.5 Å². The van der Waals surface area contributed by atoms with Gasteiger partial charge < -0.3 is 4.74 Å². The highest BCUT2D eigenvalue weighted by Crippen LogP contribution is 2.21. The monoisotopic (exact) mass is 239 g/mol. The summed E-state index contributed by atoms with van der Waals surface area (Å²) in [5.41, 5.74) is 0.270. The van der Waals surface area contributed by atoms with Gasteiger partial charge in [0.05, 0.1) is 19.7 Å². The minimum atomic E-state index is -0.577. The normalized spacial score (nSPS) is 18.8. The number of carbonyl (C=O) groups is 1. The molecule has 1 aliphatic rings. The van der Waals surface area contributed by atoms with Gasteiger partial charge in [0.1, 0.15) is 5.56 Å². The van der Waals surface area contributed by atoms with E-state index in [0.29, 0.717) is 6.54 Å². The van der Waals surface area contributed by atoms with Crippen molar-refractivity contribution in [3.63, 3.8) is 0 Å². The summed E-state index contributed by atoms with van der Waals surface area (Å²) >= 11 is 5.42. The van der Waals surface area contributed by atoms with Crippen LogP contribution in [-0.4, -0.2) is 34.9 Å². The Bertz CT molecular complexity index is 465. The van der Waals surface area contributed by atoms with E-state index in [0.717, 1.165) is 0 Å². The fourth-order valence-corrected chi connectivity index (χ4v) is 1.60. The Kier molecular flexibility index (Phi) is 3.05. The smallest absolute Gasteiger partial charge is 0.259 e. The van der Waals surface area contributed by atoms with E-state index >= 15 is 0 Å². The van der Waals surface area contributed by atoms with Crippen molar-refractivity contribution in [2.75, 3.05) is 13.7 Å². The Morgan fingerprint density at radius 3 is 3.00 bits per heavy atom. The summed E-state index contributed by atoms with van der Waals surface area (Å²) < 4.78 is 6.60. The van der Waals surface area contributed by atoms with E-state index in [1.807, 2.05) is 12.2 Å². The topological polar surface area (TPSA) is 56.5 Å². The molecule has 1 aromatic rings. The van der Waals surface area contributed by atoms with Crippen LogP contribution < -0.4 is 4.74 Å². The minimum Gasteiger partial charge on any atom is -0.479 e. The number of hydrogen-bond donors (Lipinski definition) is 0. The van der Waals surface area contributed by atoms with Gasteiger partial charge in [0, 0.05) is 12.4 Å². The third-order valence-corrected chi connectivity index (χ3v) is 2.46. The molecule has 0 saturated heterocycles. The average molecular weight is 240 g/mol. The molecular formula is C10H10ClN3O2. The molecule has 1 aromatic heterocycles. The van der Waals surface area contributed by atoms with Crippen LogP contribution in [0.1, 0.15) is 16.4 Å². The lowest BCUT2D eigenvalue weighted by Gasteiger charge is -2.12. The number of ether oxygens (including phenoxy) is 1. The fourth-order valence-electron chi connectivity index (χ4n) is 1.47. The highest BCUT2D eigenvalue weighted by Gasteiger charge is 2.18. The first-order valence-electron chi connectivity index (χ1n) is 4.72. The zero-order valence-electron chi connectivity index (χ0n) is 8.63. The van der Waals surface area contributed by atoms with Crippen LogP contribution >= 0.6 is 11.6 Å². The molecule has 0 amide bonds. The van der Waals surface area contributed by atoms with Gasteiger partial charge in [0.2, 0.25) is 5.88 Å². The van der Waals surface area contributed by atoms with Crippen LogP contribution in [0.25, 0.3) is 0 Å². The van der Waals surface area contributed by atoms with E-state index in [1.165, 1.54) is 7.11 Å². The summed E-state index contributed by atoms with van der Waals surface area (Å²) in [4.78, 5) is 15.2. The van der Waals surface area contributed by atoms with E-state index < -0.39 is 5.24 Å². The Labute approximate surface area is 97.4 Å². The number of allylic oxidation sites excluding steroid dienone is 1. The summed E-state index contributed by atoms with van der Waals surface area (Å²) in [6, 6.07) is 0.00340. The van der Waals surface area contributed by atoms with Gasteiger partial charge in [-0.3, -0.25) is 14.5 Å². The number of halogens is 1. The van der Waals surface area contributed by atoms with Crippen LogP contribution in [-0.2, 0) is 0 Å². The fraction of sp³-hybridized carbons (Fsp3) is 0.300. The molecule has 16 heavy (non-hydrogen) atoms. The van der Waals surface area contributed by atoms with Crippen LogP contribution in [0.4, 0.5) is 0 Å². The van der Waals surface area contributed by atoms with Gasteiger partial charge in [0.15, 0.2) is 0 Å². The van der Waals surface area contributed by atoms with Gasteiger partial charge in [-0.05, 0) is 17.7 Å². The Hall–Kier alpha value is -1.62. The van der Waals surface area contributed by atoms with E-state index in [1.54, 1.807) is 17.1 Å². The van der Waals surface area contributed by atoms with E-state index in [9.17, 15) is 4.79 Å². The van der Waals surface area contributed by atoms with Crippen LogP contribution in [0, 0.1) is 0 Å². The van der Waals surface area contributed by atoms with Crippen LogP contribution in [0.2, 0.25) is 0 Å². The zero-order chi connectivity index (χ0) is 11.5. The second-order valence-electron chi connectivity index (χ2n) is 3.27. The second kappa shape index (κ2) is 4.49. The lowest BCUT2D eigenvalue weighted by molar-refractivity contribution is 0.107. The first-order chi connectivity index (χ1) is 7.72. The molecule has 84 valence electrons. The molecule has 2 rings (SSSR count). The van der Waals surface area contributed by atoms with E-state index in [2.05, 4.69) is 10.1 Å². The maximum atomic E-state index is 11.1. The van der Waals surface area contributed by atoms with Crippen molar-refractivity contribution in [2.45, 2.75) is 6.04 Å². The quantitative estimate of drug-likeness (QED) is 0.751. The van der Waals surface area contributed by atoms with Crippen LogP contribution in [0.5, 0.6) is 5.88 Å². The number of rotatable bonds is 3. The third-order valence-electron chi connectivity index (χ3n) is 2.26. The van der Waals surface area contributed by atoms with Crippen LogP contribution in [0.15, 0.2) is 23.3 Å². The first-order valence-corrected chi connectivity index (χ1v) is 5.09. The molecule has 1 aliphatic heterocycles. The van der Waals surface area contributed by atoms with Gasteiger partial charge in [-0.1, -0.05) is 6.08 Å². The summed E-state index contributed by atoms with van der Waals surface area (Å²) in [6.07, 6.45) is 7.08. The van der Waals surface area contributed by atoms with Crippen molar-refractivity contribution in [1.29, 1.82) is 0 Å².